The SMILES string of the molecule is CCOc1ccc(OCC(=O)NNC(=O)c2ccc(C(C)(C)C)cc2)cc1. The largest absolute Gasteiger partial charge is 0.494 e. The zero-order chi connectivity index (χ0) is 19.9. The van der Waals surface area contributed by atoms with E-state index in [4.69, 9.17) is 9.47 Å². The molecule has 2 rings (SSSR count). The van der Waals surface area contributed by atoms with E-state index >= 15 is 0 Å². The normalized spacial score (nSPS) is 10.8. The van der Waals surface area contributed by atoms with Gasteiger partial charge in [0.05, 0.1) is 6.61 Å². The third-order valence-electron chi connectivity index (χ3n) is 3.83. The van der Waals surface area contributed by atoms with Crippen LogP contribution in [0.5, 0.6) is 11.5 Å². The Bertz CT molecular complexity index is 762. The summed E-state index contributed by atoms with van der Waals surface area (Å²) in [5.74, 6) is 0.435. The Kier molecular flexibility index (Phi) is 6.82. The highest BCUT2D eigenvalue weighted by Gasteiger charge is 2.14. The Morgan fingerprint density at radius 1 is 0.852 bits per heavy atom. The molecule has 0 spiro atoms. The Morgan fingerprint density at radius 2 is 1.41 bits per heavy atom. The first kappa shape index (κ1) is 20.3. The highest BCUT2D eigenvalue weighted by atomic mass is 16.5. The van der Waals surface area contributed by atoms with Crippen molar-refractivity contribution in [1.29, 1.82) is 0 Å². The molecule has 144 valence electrons. The molecule has 2 aromatic carbocycles. The van der Waals surface area contributed by atoms with Crippen molar-refractivity contribution < 1.29 is 19.1 Å². The fourth-order valence-corrected chi connectivity index (χ4v) is 2.30. The van der Waals surface area contributed by atoms with Gasteiger partial charge in [-0.3, -0.25) is 20.4 Å². The summed E-state index contributed by atoms with van der Waals surface area (Å²) in [4.78, 5) is 23.9. The second kappa shape index (κ2) is 9.07. The first-order valence-corrected chi connectivity index (χ1v) is 8.85. The van der Waals surface area contributed by atoms with Crippen molar-refractivity contribution in [2.75, 3.05) is 13.2 Å². The molecular formula is C21H26N2O4. The summed E-state index contributed by atoms with van der Waals surface area (Å²) in [6.45, 7) is 8.59. The van der Waals surface area contributed by atoms with E-state index in [1.807, 2.05) is 19.1 Å². The van der Waals surface area contributed by atoms with E-state index in [1.54, 1.807) is 36.4 Å². The van der Waals surface area contributed by atoms with Crippen LogP contribution in [0.4, 0.5) is 0 Å². The van der Waals surface area contributed by atoms with Crippen molar-refractivity contribution in [3.8, 4) is 11.5 Å². The summed E-state index contributed by atoms with van der Waals surface area (Å²) in [7, 11) is 0. The van der Waals surface area contributed by atoms with Crippen LogP contribution in [0.3, 0.4) is 0 Å². The molecule has 0 saturated heterocycles. The van der Waals surface area contributed by atoms with Gasteiger partial charge in [0.2, 0.25) is 0 Å². The van der Waals surface area contributed by atoms with Crippen molar-refractivity contribution in [1.82, 2.24) is 10.9 Å². The molecule has 0 aromatic heterocycles. The third kappa shape index (κ3) is 6.33. The van der Waals surface area contributed by atoms with Crippen LogP contribution in [0.2, 0.25) is 0 Å². The lowest BCUT2D eigenvalue weighted by Gasteiger charge is -2.19. The average Bonchev–Trinajstić information content (AvgIpc) is 2.65. The van der Waals surface area contributed by atoms with Gasteiger partial charge in [-0.15, -0.1) is 0 Å². The minimum Gasteiger partial charge on any atom is -0.494 e. The lowest BCUT2D eigenvalue weighted by Crippen LogP contribution is -2.43. The molecule has 0 aliphatic carbocycles. The lowest BCUT2D eigenvalue weighted by molar-refractivity contribution is -0.123. The molecule has 0 radical (unpaired) electrons. The summed E-state index contributed by atoms with van der Waals surface area (Å²) in [5, 5.41) is 0. The van der Waals surface area contributed by atoms with Crippen molar-refractivity contribution in [2.24, 2.45) is 0 Å². The van der Waals surface area contributed by atoms with Gasteiger partial charge in [0.25, 0.3) is 11.8 Å². The third-order valence-corrected chi connectivity index (χ3v) is 3.83. The maximum absolute atomic E-state index is 12.1. The van der Waals surface area contributed by atoms with E-state index in [0.29, 0.717) is 17.9 Å². The maximum atomic E-state index is 12.1. The number of carbonyl (C=O) groups is 2. The summed E-state index contributed by atoms with van der Waals surface area (Å²) >= 11 is 0. The smallest absolute Gasteiger partial charge is 0.276 e. The van der Waals surface area contributed by atoms with E-state index in [9.17, 15) is 9.59 Å². The van der Waals surface area contributed by atoms with Gasteiger partial charge in [0.1, 0.15) is 11.5 Å². The minimum atomic E-state index is -0.455. The number of hydrogen-bond acceptors (Lipinski definition) is 4. The molecule has 0 fully saturated rings. The Balaban J connectivity index is 1.78. The van der Waals surface area contributed by atoms with Gasteiger partial charge in [0.15, 0.2) is 6.61 Å². The summed E-state index contributed by atoms with van der Waals surface area (Å²) in [6, 6.07) is 14.2. The number of rotatable bonds is 6. The fraction of sp³-hybridized carbons (Fsp3) is 0.333. The van der Waals surface area contributed by atoms with Crippen molar-refractivity contribution in [2.45, 2.75) is 33.1 Å². The van der Waals surface area contributed by atoms with Crippen LogP contribution in [0.15, 0.2) is 48.5 Å². The number of hydrogen-bond donors (Lipinski definition) is 2. The lowest BCUT2D eigenvalue weighted by atomic mass is 9.87. The number of amides is 2. The Morgan fingerprint density at radius 3 is 1.93 bits per heavy atom. The van der Waals surface area contributed by atoms with E-state index in [1.165, 1.54) is 0 Å². The monoisotopic (exact) mass is 370 g/mol. The highest BCUT2D eigenvalue weighted by Crippen LogP contribution is 2.22. The molecule has 0 saturated carbocycles. The second-order valence-corrected chi connectivity index (χ2v) is 7.02. The van der Waals surface area contributed by atoms with Gasteiger partial charge in [-0.1, -0.05) is 32.9 Å². The molecule has 2 N–H and O–H groups in total. The van der Waals surface area contributed by atoms with Crippen LogP contribution in [0.25, 0.3) is 0 Å². The topological polar surface area (TPSA) is 76.7 Å². The molecule has 0 atom stereocenters. The zero-order valence-corrected chi connectivity index (χ0v) is 16.2. The zero-order valence-electron chi connectivity index (χ0n) is 16.2. The summed E-state index contributed by atoms with van der Waals surface area (Å²) in [6.07, 6.45) is 0. The van der Waals surface area contributed by atoms with E-state index in [2.05, 4.69) is 31.6 Å². The van der Waals surface area contributed by atoms with E-state index < -0.39 is 5.91 Å². The quantitative estimate of drug-likeness (QED) is 0.766. The fourth-order valence-electron chi connectivity index (χ4n) is 2.30. The van der Waals surface area contributed by atoms with Gasteiger partial charge in [-0.05, 0) is 54.3 Å². The van der Waals surface area contributed by atoms with Gasteiger partial charge in [0, 0.05) is 5.56 Å². The predicted octanol–water partition coefficient (Wildman–Crippen LogP) is 3.22. The van der Waals surface area contributed by atoms with Gasteiger partial charge in [-0.2, -0.15) is 0 Å². The van der Waals surface area contributed by atoms with Gasteiger partial charge < -0.3 is 9.47 Å². The van der Waals surface area contributed by atoms with Crippen molar-refractivity contribution >= 4 is 11.8 Å². The second-order valence-electron chi connectivity index (χ2n) is 7.02. The Hall–Kier alpha value is -3.02. The van der Waals surface area contributed by atoms with Crippen LogP contribution in [-0.4, -0.2) is 25.0 Å². The maximum Gasteiger partial charge on any atom is 0.276 e. The number of benzene rings is 2. The predicted molar refractivity (Wildman–Crippen MR) is 104 cm³/mol. The molecule has 6 nitrogen and oxygen atoms in total. The molecule has 2 amide bonds. The van der Waals surface area contributed by atoms with Crippen LogP contribution in [0.1, 0.15) is 43.6 Å². The van der Waals surface area contributed by atoms with E-state index in [-0.39, 0.29) is 17.9 Å². The number of nitrogens with one attached hydrogen (secondary N) is 2. The molecule has 0 bridgehead atoms. The number of carbonyl (C=O) groups excluding carboxylic acids is 2. The van der Waals surface area contributed by atoms with E-state index in [0.717, 1.165) is 11.3 Å². The molecule has 27 heavy (non-hydrogen) atoms. The first-order valence-electron chi connectivity index (χ1n) is 8.85. The molecular weight excluding hydrogens is 344 g/mol. The summed E-state index contributed by atoms with van der Waals surface area (Å²) in [5.41, 5.74) is 6.34. The first-order chi connectivity index (χ1) is 12.8. The van der Waals surface area contributed by atoms with Gasteiger partial charge in [-0.25, -0.2) is 0 Å². The Labute approximate surface area is 159 Å². The molecule has 0 aliphatic heterocycles. The molecule has 0 aliphatic rings. The number of ether oxygens (including phenoxy) is 2. The van der Waals surface area contributed by atoms with Crippen LogP contribution in [-0.2, 0) is 10.2 Å². The molecule has 0 unspecified atom stereocenters. The van der Waals surface area contributed by atoms with Crippen molar-refractivity contribution in [3.63, 3.8) is 0 Å². The number of hydrazine groups is 1. The van der Waals surface area contributed by atoms with Crippen LogP contribution in [0, 0.1) is 0 Å². The molecule has 0 heterocycles. The molecule has 2 aromatic rings. The standard InChI is InChI=1S/C21H26N2O4/c1-5-26-17-10-12-18(13-11-17)27-14-19(24)22-23-20(25)15-6-8-16(9-7-15)21(2,3)4/h6-13H,5,14H2,1-4H3,(H,22,24)(H,23,25). The minimum absolute atomic E-state index is 0.0153. The average molecular weight is 370 g/mol. The van der Waals surface area contributed by atoms with Gasteiger partial charge >= 0.3 is 0 Å². The van der Waals surface area contributed by atoms with Crippen molar-refractivity contribution in [3.05, 3.63) is 59.7 Å². The van der Waals surface area contributed by atoms with Crippen LogP contribution >= 0.6 is 0 Å². The van der Waals surface area contributed by atoms with Crippen LogP contribution < -0.4 is 20.3 Å². The highest BCUT2D eigenvalue weighted by molar-refractivity contribution is 5.95. The molecule has 6 heteroatoms. The summed E-state index contributed by atoms with van der Waals surface area (Å²) < 4.78 is 10.7.